The van der Waals surface area contributed by atoms with Gasteiger partial charge in [0.25, 0.3) is 0 Å². The number of ether oxygens (including phenoxy) is 1. The van der Waals surface area contributed by atoms with E-state index >= 15 is 0 Å². The van der Waals surface area contributed by atoms with Crippen LogP contribution in [0.4, 0.5) is 0 Å². The number of rotatable bonds is 6. The van der Waals surface area contributed by atoms with Crippen molar-refractivity contribution in [3.8, 4) is 0 Å². The van der Waals surface area contributed by atoms with Gasteiger partial charge in [-0.1, -0.05) is 0 Å². The van der Waals surface area contributed by atoms with Gasteiger partial charge in [0.15, 0.2) is 0 Å². The zero-order valence-electron chi connectivity index (χ0n) is 9.61. The maximum absolute atomic E-state index is 11.4. The van der Waals surface area contributed by atoms with Crippen LogP contribution in [0.2, 0.25) is 0 Å². The van der Waals surface area contributed by atoms with Crippen molar-refractivity contribution >= 4 is 5.91 Å². The van der Waals surface area contributed by atoms with Crippen LogP contribution >= 0.6 is 0 Å². The van der Waals surface area contributed by atoms with Gasteiger partial charge >= 0.3 is 0 Å². The SMILES string of the molecule is CN(C)CCOCCN1CCC(N)C1=O. The number of hydrogen-bond donors (Lipinski definition) is 1. The standard InChI is InChI=1S/C10H21N3O2/c1-12(2)5-7-15-8-6-13-4-3-9(11)10(13)14/h9H,3-8,11H2,1-2H3. The first-order valence-electron chi connectivity index (χ1n) is 5.38. The van der Waals surface area contributed by atoms with Crippen LogP contribution < -0.4 is 5.73 Å². The maximum Gasteiger partial charge on any atom is 0.239 e. The van der Waals surface area contributed by atoms with E-state index in [4.69, 9.17) is 10.5 Å². The Hall–Kier alpha value is -0.650. The highest BCUT2D eigenvalue weighted by molar-refractivity contribution is 5.83. The molecule has 1 fully saturated rings. The molecule has 0 aromatic heterocycles. The van der Waals surface area contributed by atoms with Crippen LogP contribution in [0.5, 0.6) is 0 Å². The molecule has 88 valence electrons. The fourth-order valence-corrected chi connectivity index (χ4v) is 1.51. The Kier molecular flexibility index (Phi) is 5.01. The van der Waals surface area contributed by atoms with E-state index in [0.29, 0.717) is 19.8 Å². The van der Waals surface area contributed by atoms with E-state index in [2.05, 4.69) is 4.90 Å². The molecule has 1 unspecified atom stereocenters. The van der Waals surface area contributed by atoms with Crippen molar-refractivity contribution < 1.29 is 9.53 Å². The van der Waals surface area contributed by atoms with Gasteiger partial charge in [-0.25, -0.2) is 0 Å². The summed E-state index contributed by atoms with van der Waals surface area (Å²) in [7, 11) is 4.01. The number of amides is 1. The lowest BCUT2D eigenvalue weighted by Gasteiger charge is -2.16. The second-order valence-electron chi connectivity index (χ2n) is 4.14. The summed E-state index contributed by atoms with van der Waals surface area (Å²) < 4.78 is 5.41. The predicted molar refractivity (Wildman–Crippen MR) is 58.5 cm³/mol. The molecule has 1 aliphatic rings. The Balaban J connectivity index is 2.03. The minimum absolute atomic E-state index is 0.0613. The van der Waals surface area contributed by atoms with Crippen molar-refractivity contribution in [1.82, 2.24) is 9.80 Å². The van der Waals surface area contributed by atoms with Crippen LogP contribution in [0.25, 0.3) is 0 Å². The van der Waals surface area contributed by atoms with Crippen molar-refractivity contribution in [1.29, 1.82) is 0 Å². The number of nitrogens with zero attached hydrogens (tertiary/aromatic N) is 2. The number of likely N-dealkylation sites (N-methyl/N-ethyl adjacent to an activating group) is 1. The Labute approximate surface area is 91.2 Å². The summed E-state index contributed by atoms with van der Waals surface area (Å²) in [6, 6.07) is -0.285. The van der Waals surface area contributed by atoms with E-state index in [0.717, 1.165) is 19.5 Å². The molecule has 1 atom stereocenters. The van der Waals surface area contributed by atoms with Crippen LogP contribution in [0.3, 0.4) is 0 Å². The van der Waals surface area contributed by atoms with Gasteiger partial charge in [0, 0.05) is 19.6 Å². The van der Waals surface area contributed by atoms with Gasteiger partial charge < -0.3 is 20.3 Å². The normalized spacial score (nSPS) is 21.7. The summed E-state index contributed by atoms with van der Waals surface area (Å²) in [5, 5.41) is 0. The molecule has 1 heterocycles. The molecule has 1 rings (SSSR count). The van der Waals surface area contributed by atoms with Gasteiger partial charge in [-0.3, -0.25) is 4.79 Å². The van der Waals surface area contributed by atoms with Crippen LogP contribution in [-0.4, -0.2) is 68.7 Å². The van der Waals surface area contributed by atoms with Crippen molar-refractivity contribution in [2.75, 3.05) is 46.9 Å². The molecule has 0 aliphatic carbocycles. The van der Waals surface area contributed by atoms with Gasteiger partial charge in [-0.15, -0.1) is 0 Å². The molecule has 2 N–H and O–H groups in total. The summed E-state index contributed by atoms with van der Waals surface area (Å²) in [6.07, 6.45) is 0.774. The summed E-state index contributed by atoms with van der Waals surface area (Å²) in [5.74, 6) is 0.0613. The fraction of sp³-hybridized carbons (Fsp3) is 0.900. The molecule has 0 aromatic rings. The van der Waals surface area contributed by atoms with Crippen molar-refractivity contribution in [2.45, 2.75) is 12.5 Å². The Bertz CT molecular complexity index is 209. The molecule has 5 heteroatoms. The average molecular weight is 215 g/mol. The quantitative estimate of drug-likeness (QED) is 0.585. The first kappa shape index (κ1) is 12.4. The summed E-state index contributed by atoms with van der Waals surface area (Å²) in [5.41, 5.74) is 5.60. The molecular formula is C10H21N3O2. The molecule has 15 heavy (non-hydrogen) atoms. The minimum Gasteiger partial charge on any atom is -0.378 e. The van der Waals surface area contributed by atoms with E-state index in [1.807, 2.05) is 14.1 Å². The highest BCUT2D eigenvalue weighted by atomic mass is 16.5. The largest absolute Gasteiger partial charge is 0.378 e. The summed E-state index contributed by atoms with van der Waals surface area (Å²) in [4.78, 5) is 15.3. The molecule has 0 radical (unpaired) electrons. The summed E-state index contributed by atoms with van der Waals surface area (Å²) in [6.45, 7) is 3.66. The van der Waals surface area contributed by atoms with E-state index in [9.17, 15) is 4.79 Å². The van der Waals surface area contributed by atoms with Gasteiger partial charge in [-0.2, -0.15) is 0 Å². The molecule has 1 saturated heterocycles. The molecule has 5 nitrogen and oxygen atoms in total. The molecule has 0 saturated carbocycles. The molecule has 1 amide bonds. The third kappa shape index (κ3) is 4.15. The van der Waals surface area contributed by atoms with E-state index < -0.39 is 0 Å². The Morgan fingerprint density at radius 1 is 1.53 bits per heavy atom. The van der Waals surface area contributed by atoms with Gasteiger partial charge in [0.1, 0.15) is 0 Å². The first-order valence-corrected chi connectivity index (χ1v) is 5.38. The lowest BCUT2D eigenvalue weighted by Crippen LogP contribution is -2.36. The zero-order chi connectivity index (χ0) is 11.3. The topological polar surface area (TPSA) is 58.8 Å². The smallest absolute Gasteiger partial charge is 0.239 e. The Morgan fingerprint density at radius 3 is 2.80 bits per heavy atom. The van der Waals surface area contributed by atoms with E-state index in [-0.39, 0.29) is 11.9 Å². The van der Waals surface area contributed by atoms with Gasteiger partial charge in [0.05, 0.1) is 19.3 Å². The highest BCUT2D eigenvalue weighted by Gasteiger charge is 2.27. The van der Waals surface area contributed by atoms with Crippen LogP contribution in [0, 0.1) is 0 Å². The third-order valence-corrected chi connectivity index (χ3v) is 2.53. The number of likely N-dealkylation sites (tertiary alicyclic amines) is 1. The number of hydrogen-bond acceptors (Lipinski definition) is 4. The van der Waals surface area contributed by atoms with Gasteiger partial charge in [-0.05, 0) is 20.5 Å². The van der Waals surface area contributed by atoms with Crippen molar-refractivity contribution in [3.63, 3.8) is 0 Å². The fourth-order valence-electron chi connectivity index (χ4n) is 1.51. The van der Waals surface area contributed by atoms with E-state index in [1.165, 1.54) is 0 Å². The third-order valence-electron chi connectivity index (χ3n) is 2.53. The van der Waals surface area contributed by atoms with Crippen LogP contribution in [-0.2, 0) is 9.53 Å². The van der Waals surface area contributed by atoms with Gasteiger partial charge in [0.2, 0.25) is 5.91 Å². The molecule has 0 bridgehead atoms. The predicted octanol–water partition coefficient (Wildman–Crippen LogP) is -0.876. The number of carbonyl (C=O) groups is 1. The first-order chi connectivity index (χ1) is 7.11. The molecule has 1 aliphatic heterocycles. The lowest BCUT2D eigenvalue weighted by molar-refractivity contribution is -0.129. The molecule has 0 spiro atoms. The molecular weight excluding hydrogens is 194 g/mol. The van der Waals surface area contributed by atoms with Crippen molar-refractivity contribution in [2.24, 2.45) is 5.73 Å². The lowest BCUT2D eigenvalue weighted by atomic mass is 10.3. The minimum atomic E-state index is -0.285. The summed E-state index contributed by atoms with van der Waals surface area (Å²) >= 11 is 0. The molecule has 0 aromatic carbocycles. The van der Waals surface area contributed by atoms with Crippen molar-refractivity contribution in [3.05, 3.63) is 0 Å². The van der Waals surface area contributed by atoms with E-state index in [1.54, 1.807) is 4.90 Å². The average Bonchev–Trinajstić information content (AvgIpc) is 2.48. The van der Waals surface area contributed by atoms with Crippen LogP contribution in [0.1, 0.15) is 6.42 Å². The number of nitrogens with two attached hydrogens (primary N) is 1. The second kappa shape index (κ2) is 6.05. The van der Waals surface area contributed by atoms with Crippen LogP contribution in [0.15, 0.2) is 0 Å². The Morgan fingerprint density at radius 2 is 2.27 bits per heavy atom. The highest BCUT2D eigenvalue weighted by Crippen LogP contribution is 2.07. The maximum atomic E-state index is 11.4. The zero-order valence-corrected chi connectivity index (χ0v) is 9.61. The number of carbonyl (C=O) groups excluding carboxylic acids is 1. The second-order valence-corrected chi connectivity index (χ2v) is 4.14. The monoisotopic (exact) mass is 215 g/mol.